The molecule has 0 radical (unpaired) electrons. The van der Waals surface area contributed by atoms with Crippen molar-refractivity contribution in [2.24, 2.45) is 0 Å². The van der Waals surface area contributed by atoms with Gasteiger partial charge >= 0.3 is 11.9 Å². The number of aryl methyl sites for hydroxylation is 1. The summed E-state index contributed by atoms with van der Waals surface area (Å²) in [5.74, 6) is -1.51. The first-order valence-corrected chi connectivity index (χ1v) is 9.69. The first-order chi connectivity index (χ1) is 12.3. The van der Waals surface area contributed by atoms with E-state index in [0.29, 0.717) is 34.9 Å². The average Bonchev–Trinajstić information content (AvgIpc) is 2.93. The number of nitrogens with one attached hydrogen (secondary N) is 1. The van der Waals surface area contributed by atoms with Crippen molar-refractivity contribution in [2.45, 2.75) is 31.9 Å². The quantitative estimate of drug-likeness (QED) is 0.529. The summed E-state index contributed by atoms with van der Waals surface area (Å²) >= 11 is 0. The number of carbonyl (C=O) groups is 2. The van der Waals surface area contributed by atoms with Crippen molar-refractivity contribution in [2.75, 3.05) is 13.7 Å². The molecule has 8 nitrogen and oxygen atoms in total. The van der Waals surface area contributed by atoms with Gasteiger partial charge in [-0.2, -0.15) is 8.42 Å². The van der Waals surface area contributed by atoms with E-state index in [1.165, 1.54) is 7.11 Å². The third-order valence-corrected chi connectivity index (χ3v) is 4.54. The van der Waals surface area contributed by atoms with Gasteiger partial charge in [0, 0.05) is 17.3 Å². The number of hydrogen-bond donors (Lipinski definition) is 2. The third-order valence-electron chi connectivity index (χ3n) is 3.87. The highest BCUT2D eigenvalue weighted by atomic mass is 32.2. The number of methoxy groups -OCH3 is 1. The van der Waals surface area contributed by atoms with Crippen molar-refractivity contribution in [3.8, 4) is 0 Å². The first-order valence-electron chi connectivity index (χ1n) is 8.08. The number of carbonyl (C=O) groups excluding carboxylic acids is 2. The molecule has 26 heavy (non-hydrogen) atoms. The summed E-state index contributed by atoms with van der Waals surface area (Å²) in [5, 5.41) is 0.540. The smallest absolute Gasteiger partial charge is 0.355 e. The molecular weight excluding hydrogens is 362 g/mol. The van der Waals surface area contributed by atoms with E-state index in [0.717, 1.165) is 0 Å². The summed E-state index contributed by atoms with van der Waals surface area (Å²) in [4.78, 5) is 26.6. The second kappa shape index (κ2) is 8.33. The Morgan fingerprint density at radius 3 is 2.62 bits per heavy atom. The maximum absolute atomic E-state index is 12.3. The van der Waals surface area contributed by atoms with Gasteiger partial charge in [0.2, 0.25) is 0 Å². The summed E-state index contributed by atoms with van der Waals surface area (Å²) in [5.41, 5.74) is 1.70. The second-order valence-corrected chi connectivity index (χ2v) is 7.15. The van der Waals surface area contributed by atoms with Gasteiger partial charge in [0.1, 0.15) is 11.4 Å². The van der Waals surface area contributed by atoms with Crippen LogP contribution in [0.1, 0.15) is 41.4 Å². The van der Waals surface area contributed by atoms with Crippen molar-refractivity contribution < 1.29 is 32.0 Å². The molecule has 9 heteroatoms. The van der Waals surface area contributed by atoms with E-state index in [9.17, 15) is 22.6 Å². The van der Waals surface area contributed by atoms with Gasteiger partial charge in [0.05, 0.1) is 13.7 Å². The van der Waals surface area contributed by atoms with Crippen LogP contribution >= 0.6 is 0 Å². The van der Waals surface area contributed by atoms with Crippen molar-refractivity contribution in [1.82, 2.24) is 4.98 Å². The Balaban J connectivity index is 2.52. The van der Waals surface area contributed by atoms with Crippen LogP contribution in [-0.4, -0.2) is 43.6 Å². The molecular formula is C17H21NO7S. The largest absolute Gasteiger partial charge is 0.469 e. The van der Waals surface area contributed by atoms with Crippen LogP contribution in [0.15, 0.2) is 18.2 Å². The van der Waals surface area contributed by atoms with Gasteiger partial charge in [-0.15, -0.1) is 0 Å². The van der Waals surface area contributed by atoms with Crippen LogP contribution in [0.25, 0.3) is 10.9 Å². The molecule has 0 aliphatic rings. The van der Waals surface area contributed by atoms with E-state index in [1.807, 2.05) is 0 Å². The first kappa shape index (κ1) is 19.9. The van der Waals surface area contributed by atoms with Crippen LogP contribution in [-0.2, 0) is 36.6 Å². The molecule has 0 atom stereocenters. The molecule has 1 aromatic carbocycles. The zero-order valence-electron chi connectivity index (χ0n) is 14.6. The summed E-state index contributed by atoms with van der Waals surface area (Å²) in [6.07, 6.45) is 0.907. The van der Waals surface area contributed by atoms with Crippen LogP contribution in [0.5, 0.6) is 0 Å². The predicted molar refractivity (Wildman–Crippen MR) is 94.5 cm³/mol. The van der Waals surface area contributed by atoms with Crippen molar-refractivity contribution in [3.05, 3.63) is 35.0 Å². The van der Waals surface area contributed by atoms with Gasteiger partial charge in [0.25, 0.3) is 10.1 Å². The van der Waals surface area contributed by atoms with E-state index in [1.54, 1.807) is 25.1 Å². The monoisotopic (exact) mass is 383 g/mol. The lowest BCUT2D eigenvalue weighted by Gasteiger charge is -2.07. The number of H-pyrrole nitrogens is 1. The maximum Gasteiger partial charge on any atom is 0.355 e. The lowest BCUT2D eigenvalue weighted by Crippen LogP contribution is -2.09. The molecule has 0 fully saturated rings. The lowest BCUT2D eigenvalue weighted by molar-refractivity contribution is -0.140. The Kier molecular flexibility index (Phi) is 6.38. The van der Waals surface area contributed by atoms with Crippen molar-refractivity contribution in [1.29, 1.82) is 0 Å². The zero-order chi connectivity index (χ0) is 19.3. The summed E-state index contributed by atoms with van der Waals surface area (Å²) in [6.45, 7) is 1.87. The van der Waals surface area contributed by atoms with Crippen LogP contribution in [0.2, 0.25) is 0 Å². The van der Waals surface area contributed by atoms with Gasteiger partial charge in [0.15, 0.2) is 0 Å². The standard InChI is InChI=1S/C17H21NO7S/c1-3-25-17(20)16-12(7-5-9-14(19)24-2)15-11(10-26(21,22)23)6-4-8-13(15)18-16/h4,6,8,18H,3,5,7,9-10H2,1-2H3,(H,21,22,23). The number of benzene rings is 1. The molecule has 0 saturated carbocycles. The van der Waals surface area contributed by atoms with Gasteiger partial charge in [-0.05, 0) is 37.0 Å². The molecule has 0 spiro atoms. The summed E-state index contributed by atoms with van der Waals surface area (Å²) in [6, 6.07) is 4.91. The number of aromatic amines is 1. The fourth-order valence-corrected chi connectivity index (χ4v) is 3.49. The highest BCUT2D eigenvalue weighted by molar-refractivity contribution is 7.85. The Bertz CT molecular complexity index is 915. The minimum Gasteiger partial charge on any atom is -0.469 e. The predicted octanol–water partition coefficient (Wildman–Crippen LogP) is 2.23. The van der Waals surface area contributed by atoms with E-state index in [-0.39, 0.29) is 24.7 Å². The number of esters is 2. The number of fused-ring (bicyclic) bond motifs is 1. The summed E-state index contributed by atoms with van der Waals surface area (Å²) in [7, 11) is -2.95. The zero-order valence-corrected chi connectivity index (χ0v) is 15.4. The normalized spacial score (nSPS) is 11.5. The molecule has 2 rings (SSSR count). The topological polar surface area (TPSA) is 123 Å². The van der Waals surface area contributed by atoms with E-state index < -0.39 is 21.8 Å². The molecule has 1 heterocycles. The molecule has 0 bridgehead atoms. The summed E-state index contributed by atoms with van der Waals surface area (Å²) < 4.78 is 41.5. The highest BCUT2D eigenvalue weighted by Crippen LogP contribution is 2.29. The number of hydrogen-bond acceptors (Lipinski definition) is 6. The third kappa shape index (κ3) is 4.83. The van der Waals surface area contributed by atoms with Gasteiger partial charge < -0.3 is 14.5 Å². The van der Waals surface area contributed by atoms with Gasteiger partial charge in [-0.25, -0.2) is 4.79 Å². The fraction of sp³-hybridized carbons (Fsp3) is 0.412. The Morgan fingerprint density at radius 2 is 2.00 bits per heavy atom. The minimum atomic E-state index is -4.25. The number of aromatic nitrogens is 1. The molecule has 2 aromatic rings. The molecule has 0 amide bonds. The van der Waals surface area contributed by atoms with Gasteiger partial charge in [-0.3, -0.25) is 9.35 Å². The number of ether oxygens (including phenoxy) is 2. The number of rotatable bonds is 8. The Hall–Kier alpha value is -2.39. The minimum absolute atomic E-state index is 0.159. The second-order valence-electron chi connectivity index (χ2n) is 5.69. The van der Waals surface area contributed by atoms with E-state index in [2.05, 4.69) is 9.72 Å². The van der Waals surface area contributed by atoms with E-state index in [4.69, 9.17) is 4.74 Å². The molecule has 0 aliphatic heterocycles. The fourth-order valence-electron chi connectivity index (χ4n) is 2.85. The van der Waals surface area contributed by atoms with Crippen molar-refractivity contribution in [3.63, 3.8) is 0 Å². The molecule has 0 aliphatic carbocycles. The van der Waals surface area contributed by atoms with Crippen molar-refractivity contribution >= 4 is 33.0 Å². The molecule has 0 unspecified atom stereocenters. The van der Waals surface area contributed by atoms with Crippen LogP contribution in [0, 0.1) is 0 Å². The van der Waals surface area contributed by atoms with Crippen LogP contribution in [0.4, 0.5) is 0 Å². The maximum atomic E-state index is 12.3. The molecule has 0 saturated heterocycles. The van der Waals surface area contributed by atoms with E-state index >= 15 is 0 Å². The highest BCUT2D eigenvalue weighted by Gasteiger charge is 2.22. The Labute approximate surface area is 151 Å². The molecule has 142 valence electrons. The lowest BCUT2D eigenvalue weighted by atomic mass is 10.0. The molecule has 2 N–H and O–H groups in total. The van der Waals surface area contributed by atoms with Crippen LogP contribution in [0.3, 0.4) is 0 Å². The SMILES string of the molecule is CCOC(=O)c1[nH]c2cccc(CS(=O)(=O)O)c2c1CCCC(=O)OC. The van der Waals surface area contributed by atoms with Crippen LogP contribution < -0.4 is 0 Å². The average molecular weight is 383 g/mol. The molecule has 1 aromatic heterocycles. The van der Waals surface area contributed by atoms with Gasteiger partial charge in [-0.1, -0.05) is 12.1 Å². The Morgan fingerprint density at radius 1 is 1.27 bits per heavy atom.